The first-order valence-electron chi connectivity index (χ1n) is 4.73. The molecule has 0 amide bonds. The van der Waals surface area contributed by atoms with Crippen molar-refractivity contribution in [3.8, 4) is 22.6 Å². The van der Waals surface area contributed by atoms with Gasteiger partial charge in [-0.25, -0.2) is 0 Å². The third-order valence-corrected chi connectivity index (χ3v) is 2.29. The topological polar surface area (TPSA) is 29.5 Å². The number of methoxy groups -OCH3 is 1. The molecule has 0 saturated carbocycles. The minimum absolute atomic E-state index is 0. The second-order valence-electron chi connectivity index (χ2n) is 3.28. The summed E-state index contributed by atoms with van der Waals surface area (Å²) >= 11 is 0. The molecule has 3 heteroatoms. The van der Waals surface area contributed by atoms with Crippen molar-refractivity contribution in [1.82, 2.24) is 0 Å². The molecule has 0 aromatic heterocycles. The summed E-state index contributed by atoms with van der Waals surface area (Å²) in [5.41, 5.74) is 2.19. The van der Waals surface area contributed by atoms with Gasteiger partial charge in [-0.2, -0.15) is 0 Å². The normalized spacial score (nSPS) is 9.31. The molecule has 0 bridgehead atoms. The molecule has 0 saturated heterocycles. The van der Waals surface area contributed by atoms with E-state index in [0.29, 0.717) is 0 Å². The van der Waals surface area contributed by atoms with Crippen LogP contribution in [0.5, 0.6) is 11.5 Å². The van der Waals surface area contributed by atoms with Crippen LogP contribution in [0, 0.1) is 0 Å². The van der Waals surface area contributed by atoms with Gasteiger partial charge in [0.05, 0.1) is 7.11 Å². The molecule has 0 atom stereocenters. The number of phenolic OH excluding ortho intramolecular Hbond substituents is 1. The van der Waals surface area contributed by atoms with Gasteiger partial charge in [-0.1, -0.05) is 24.3 Å². The number of ether oxygens (including phenoxy) is 1. The van der Waals surface area contributed by atoms with Crippen LogP contribution >= 0.6 is 0 Å². The van der Waals surface area contributed by atoms with Gasteiger partial charge in [0.2, 0.25) is 0 Å². The summed E-state index contributed by atoms with van der Waals surface area (Å²) in [5, 5.41) is 9.17. The zero-order chi connectivity index (χ0) is 10.7. The molecule has 2 aromatic rings. The molecule has 1 N–H and O–H groups in total. The van der Waals surface area contributed by atoms with Gasteiger partial charge in [-0.15, -0.1) is 0 Å². The maximum atomic E-state index is 9.17. The van der Waals surface area contributed by atoms with Gasteiger partial charge in [0, 0.05) is 0 Å². The van der Waals surface area contributed by atoms with Crippen LogP contribution in [0.4, 0.5) is 0 Å². The summed E-state index contributed by atoms with van der Waals surface area (Å²) in [6, 6.07) is 15.0. The van der Waals surface area contributed by atoms with E-state index in [0.717, 1.165) is 16.9 Å². The Bertz CT molecular complexity index is 440. The van der Waals surface area contributed by atoms with Crippen LogP contribution in [-0.4, -0.2) is 12.2 Å². The van der Waals surface area contributed by atoms with E-state index in [2.05, 4.69) is 0 Å². The van der Waals surface area contributed by atoms with E-state index < -0.39 is 0 Å². The van der Waals surface area contributed by atoms with Crippen molar-refractivity contribution in [3.05, 3.63) is 48.5 Å². The van der Waals surface area contributed by atoms with Crippen molar-refractivity contribution in [2.45, 2.75) is 0 Å². The van der Waals surface area contributed by atoms with E-state index >= 15 is 0 Å². The minimum Gasteiger partial charge on any atom is -1.00 e. The van der Waals surface area contributed by atoms with E-state index in [4.69, 9.17) is 9.84 Å². The fraction of sp³-hybridized carbons (Fsp3) is 0.0769. The average Bonchev–Trinajstić information content (AvgIpc) is 2.30. The zero-order valence-corrected chi connectivity index (χ0v) is 11.5. The Balaban J connectivity index is 0.00000128. The van der Waals surface area contributed by atoms with Crippen LogP contribution < -0.4 is 34.3 Å². The summed E-state index contributed by atoms with van der Waals surface area (Å²) in [5.74, 6) is 1.13. The molecular weight excluding hydrogens is 211 g/mol. The van der Waals surface area contributed by atoms with Crippen LogP contribution in [0.15, 0.2) is 48.5 Å². The second kappa shape index (κ2) is 5.94. The molecule has 2 nitrogen and oxygen atoms in total. The first kappa shape index (κ1) is 13.1. The standard InChI is InChI=1S/C13H12O2.Na.H/c1-15-13-8-4-11(5-9-13)10-2-6-12(14)7-3-10;;/h2-9,14H,1H3;;/q;+1;-1. The number of phenols is 1. The number of hydrogen-bond acceptors (Lipinski definition) is 2. The predicted octanol–water partition coefficient (Wildman–Crippen LogP) is 0.184. The van der Waals surface area contributed by atoms with Crippen molar-refractivity contribution >= 4 is 0 Å². The van der Waals surface area contributed by atoms with Crippen LogP contribution in [0.3, 0.4) is 0 Å². The summed E-state index contributed by atoms with van der Waals surface area (Å²) < 4.78 is 5.08. The Labute approximate surface area is 119 Å². The second-order valence-corrected chi connectivity index (χ2v) is 3.28. The third kappa shape index (κ3) is 3.01. The third-order valence-electron chi connectivity index (χ3n) is 2.29. The predicted molar refractivity (Wildman–Crippen MR) is 61.2 cm³/mol. The molecule has 0 heterocycles. The Morgan fingerprint density at radius 1 is 0.875 bits per heavy atom. The fourth-order valence-corrected chi connectivity index (χ4v) is 1.44. The van der Waals surface area contributed by atoms with E-state index in [-0.39, 0.29) is 36.7 Å². The Hall–Kier alpha value is -0.960. The van der Waals surface area contributed by atoms with Crippen LogP contribution in [-0.2, 0) is 0 Å². The molecule has 0 spiro atoms. The van der Waals surface area contributed by atoms with Crippen molar-refractivity contribution in [2.75, 3.05) is 7.11 Å². The Morgan fingerprint density at radius 2 is 1.31 bits per heavy atom. The van der Waals surface area contributed by atoms with Gasteiger partial charge in [-0.05, 0) is 35.4 Å². The van der Waals surface area contributed by atoms with Gasteiger partial charge < -0.3 is 11.3 Å². The monoisotopic (exact) mass is 224 g/mol. The van der Waals surface area contributed by atoms with Crippen LogP contribution in [0.1, 0.15) is 1.43 Å². The van der Waals surface area contributed by atoms with Crippen molar-refractivity contribution in [2.24, 2.45) is 0 Å². The molecule has 2 aromatic carbocycles. The maximum absolute atomic E-state index is 9.17. The molecule has 0 aliphatic rings. The molecule has 0 aliphatic carbocycles. The molecule has 0 fully saturated rings. The quantitative estimate of drug-likeness (QED) is 0.738. The van der Waals surface area contributed by atoms with Gasteiger partial charge in [0.15, 0.2) is 0 Å². The van der Waals surface area contributed by atoms with E-state index in [1.54, 1.807) is 19.2 Å². The number of aromatic hydroxyl groups is 1. The maximum Gasteiger partial charge on any atom is 1.00 e. The zero-order valence-electron chi connectivity index (χ0n) is 10.5. The van der Waals surface area contributed by atoms with E-state index in [1.165, 1.54) is 0 Å². The fourth-order valence-electron chi connectivity index (χ4n) is 1.44. The molecular formula is C13H13NaO2. The van der Waals surface area contributed by atoms with Gasteiger partial charge in [0.1, 0.15) is 11.5 Å². The summed E-state index contributed by atoms with van der Waals surface area (Å²) in [6.45, 7) is 0. The Kier molecular flexibility index (Phi) is 4.87. The molecule has 16 heavy (non-hydrogen) atoms. The molecule has 0 radical (unpaired) electrons. The number of rotatable bonds is 2. The van der Waals surface area contributed by atoms with Gasteiger partial charge in [-0.3, -0.25) is 0 Å². The van der Waals surface area contributed by atoms with Gasteiger partial charge in [0.25, 0.3) is 0 Å². The van der Waals surface area contributed by atoms with Gasteiger partial charge >= 0.3 is 29.6 Å². The molecule has 0 unspecified atom stereocenters. The smallest absolute Gasteiger partial charge is 1.00 e. The first-order valence-corrected chi connectivity index (χ1v) is 4.73. The van der Waals surface area contributed by atoms with E-state index in [1.807, 2.05) is 36.4 Å². The van der Waals surface area contributed by atoms with E-state index in [9.17, 15) is 0 Å². The summed E-state index contributed by atoms with van der Waals surface area (Å²) in [7, 11) is 1.65. The van der Waals surface area contributed by atoms with Crippen molar-refractivity contribution in [1.29, 1.82) is 0 Å². The Morgan fingerprint density at radius 3 is 1.75 bits per heavy atom. The number of benzene rings is 2. The minimum atomic E-state index is 0. The molecule has 0 aliphatic heterocycles. The summed E-state index contributed by atoms with van der Waals surface area (Å²) in [6.07, 6.45) is 0. The van der Waals surface area contributed by atoms with Crippen molar-refractivity contribution in [3.63, 3.8) is 0 Å². The van der Waals surface area contributed by atoms with Crippen LogP contribution in [0.2, 0.25) is 0 Å². The average molecular weight is 224 g/mol. The van der Waals surface area contributed by atoms with Crippen LogP contribution in [0.25, 0.3) is 11.1 Å². The summed E-state index contributed by atoms with van der Waals surface area (Å²) in [4.78, 5) is 0. The first-order chi connectivity index (χ1) is 7.29. The molecule has 78 valence electrons. The SMILES string of the molecule is COc1ccc(-c2ccc(O)cc2)cc1.[H-].[Na+]. The number of hydrogen-bond donors (Lipinski definition) is 1. The molecule has 2 rings (SSSR count). The largest absolute Gasteiger partial charge is 1.00 e. The van der Waals surface area contributed by atoms with Crippen molar-refractivity contribution < 1.29 is 40.8 Å².